The first-order chi connectivity index (χ1) is 24.8. The van der Waals surface area contributed by atoms with Gasteiger partial charge in [0.15, 0.2) is 0 Å². The number of rotatable bonds is 9. The number of aromatic nitrogens is 2. The molecule has 3 aliphatic rings. The number of nitrogens with zero attached hydrogens (tertiary/aromatic N) is 6. The molecule has 1 aromatic carbocycles. The number of pyridine rings is 1. The first-order valence-corrected chi connectivity index (χ1v) is 18.5. The van der Waals surface area contributed by atoms with Crippen LogP contribution < -0.4 is 10.6 Å². The molecule has 5 heterocycles. The Balaban J connectivity index is 0.993. The number of benzene rings is 1. The van der Waals surface area contributed by atoms with Crippen LogP contribution in [-0.2, 0) is 23.3 Å². The highest BCUT2D eigenvalue weighted by atomic mass is 19.4. The second-order valence-electron chi connectivity index (χ2n) is 15.6. The third kappa shape index (κ3) is 9.46. The van der Waals surface area contributed by atoms with Gasteiger partial charge in [-0.25, -0.2) is 0 Å². The van der Waals surface area contributed by atoms with Gasteiger partial charge in [0.05, 0.1) is 47.8 Å². The zero-order valence-electron chi connectivity index (χ0n) is 30.7. The van der Waals surface area contributed by atoms with Crippen molar-refractivity contribution in [1.29, 1.82) is 5.26 Å². The van der Waals surface area contributed by atoms with Crippen molar-refractivity contribution in [2.24, 2.45) is 5.41 Å². The molecule has 0 atom stereocenters. The summed E-state index contributed by atoms with van der Waals surface area (Å²) in [6.45, 7) is 9.64. The van der Waals surface area contributed by atoms with Gasteiger partial charge in [0.1, 0.15) is 6.54 Å². The number of hydrogen-bond acceptors (Lipinski definition) is 7. The molecule has 6 rings (SSSR count). The summed E-state index contributed by atoms with van der Waals surface area (Å²) in [5.74, 6) is 6.11. The molecule has 2 aromatic heterocycles. The van der Waals surface area contributed by atoms with Crippen molar-refractivity contribution in [3.05, 3.63) is 59.5 Å². The van der Waals surface area contributed by atoms with Crippen LogP contribution >= 0.6 is 0 Å². The van der Waals surface area contributed by atoms with Gasteiger partial charge >= 0.3 is 6.18 Å². The van der Waals surface area contributed by atoms with E-state index in [1.54, 1.807) is 38.2 Å². The van der Waals surface area contributed by atoms with Crippen molar-refractivity contribution in [3.8, 4) is 17.9 Å². The summed E-state index contributed by atoms with van der Waals surface area (Å²) in [4.78, 5) is 24.3. The number of amides is 1. The number of nitrogens with one attached hydrogen (secondary N) is 2. The van der Waals surface area contributed by atoms with Crippen molar-refractivity contribution >= 4 is 22.5 Å². The topological polar surface area (TPSA) is 92.5 Å². The van der Waals surface area contributed by atoms with Crippen LogP contribution in [0.3, 0.4) is 0 Å². The molecule has 3 fully saturated rings. The standard InChI is InChI=1S/C40H51F3N8O/c1-38(2,28-44)36-9-7-33(26-47-36)45-16-4-5-34-24-31-23-30(6-8-35(31)51(34)29-40(41,42)43)25-46-32-10-17-50(18-11-32)37(52)27-49-21-14-39(15-22-49)12-19-48(3)20-13-39/h6-9,23-24,26,32,45-46H,10-22,25,27,29H2,1-3H3. The Hall–Kier alpha value is -4.10. The lowest BCUT2D eigenvalue weighted by Gasteiger charge is -2.46. The number of likely N-dealkylation sites (tertiary alicyclic amines) is 3. The monoisotopic (exact) mass is 716 g/mol. The summed E-state index contributed by atoms with van der Waals surface area (Å²) in [6, 6.07) is 13.3. The molecule has 12 heteroatoms. The molecule has 0 radical (unpaired) electrons. The van der Waals surface area contributed by atoms with E-state index in [4.69, 9.17) is 0 Å². The fourth-order valence-corrected chi connectivity index (χ4v) is 7.75. The molecule has 0 saturated carbocycles. The Labute approximate surface area is 305 Å². The first kappa shape index (κ1) is 37.7. The second kappa shape index (κ2) is 15.9. The molecule has 52 heavy (non-hydrogen) atoms. The smallest absolute Gasteiger partial charge is 0.373 e. The number of carbonyl (C=O) groups is 1. The number of fused-ring (bicyclic) bond motifs is 1. The van der Waals surface area contributed by atoms with Crippen LogP contribution in [0.15, 0.2) is 42.6 Å². The highest BCUT2D eigenvalue weighted by Crippen LogP contribution is 2.41. The average Bonchev–Trinajstić information content (AvgIpc) is 3.46. The minimum absolute atomic E-state index is 0.215. The van der Waals surface area contributed by atoms with Crippen LogP contribution in [0.25, 0.3) is 10.9 Å². The van der Waals surface area contributed by atoms with Crippen molar-refractivity contribution < 1.29 is 18.0 Å². The Morgan fingerprint density at radius 2 is 1.71 bits per heavy atom. The quantitative estimate of drug-likeness (QED) is 0.273. The van der Waals surface area contributed by atoms with Gasteiger partial charge in [0.25, 0.3) is 0 Å². The molecule has 0 bridgehead atoms. The molecule has 3 aliphatic heterocycles. The number of anilines is 1. The highest BCUT2D eigenvalue weighted by Gasteiger charge is 2.37. The van der Waals surface area contributed by atoms with Gasteiger partial charge in [-0.1, -0.05) is 12.0 Å². The Morgan fingerprint density at radius 1 is 1.00 bits per heavy atom. The Kier molecular flexibility index (Phi) is 11.5. The lowest BCUT2D eigenvalue weighted by Crippen LogP contribution is -2.50. The zero-order chi connectivity index (χ0) is 36.9. The van der Waals surface area contributed by atoms with E-state index in [0.29, 0.717) is 46.5 Å². The lowest BCUT2D eigenvalue weighted by molar-refractivity contribution is -0.140. The largest absolute Gasteiger partial charge is 0.406 e. The lowest BCUT2D eigenvalue weighted by atomic mass is 9.71. The van der Waals surface area contributed by atoms with Crippen LogP contribution in [-0.4, -0.2) is 102 Å². The van der Waals surface area contributed by atoms with Gasteiger partial charge in [0.2, 0.25) is 5.91 Å². The van der Waals surface area contributed by atoms with Gasteiger partial charge < -0.3 is 25.0 Å². The van der Waals surface area contributed by atoms with Crippen molar-refractivity contribution in [2.75, 3.05) is 64.7 Å². The first-order valence-electron chi connectivity index (χ1n) is 18.5. The van der Waals surface area contributed by atoms with Crippen LogP contribution in [0.1, 0.15) is 69.3 Å². The molecule has 3 saturated heterocycles. The van der Waals surface area contributed by atoms with E-state index in [2.05, 4.69) is 50.4 Å². The van der Waals surface area contributed by atoms with Crippen LogP contribution in [0, 0.1) is 28.6 Å². The minimum Gasteiger partial charge on any atom is -0.373 e. The van der Waals surface area contributed by atoms with Crippen molar-refractivity contribution in [1.82, 2.24) is 29.6 Å². The van der Waals surface area contributed by atoms with E-state index in [0.717, 1.165) is 44.6 Å². The molecule has 278 valence electrons. The number of alkyl halides is 3. The molecule has 0 aliphatic carbocycles. The van der Waals surface area contributed by atoms with Gasteiger partial charge in [-0.15, -0.1) is 0 Å². The maximum Gasteiger partial charge on any atom is 0.406 e. The predicted molar refractivity (Wildman–Crippen MR) is 198 cm³/mol. The molecule has 1 amide bonds. The predicted octanol–water partition coefficient (Wildman–Crippen LogP) is 5.75. The van der Waals surface area contributed by atoms with Crippen LogP contribution in [0.4, 0.5) is 18.9 Å². The second-order valence-corrected chi connectivity index (χ2v) is 15.6. The third-order valence-corrected chi connectivity index (χ3v) is 11.3. The number of piperidine rings is 3. The van der Waals surface area contributed by atoms with Crippen LogP contribution in [0.2, 0.25) is 0 Å². The Bertz CT molecular complexity index is 1790. The fraction of sp³-hybridized carbons (Fsp3) is 0.575. The maximum atomic E-state index is 13.6. The van der Waals surface area contributed by atoms with Gasteiger partial charge in [-0.3, -0.25) is 14.7 Å². The van der Waals surface area contributed by atoms with Gasteiger partial charge in [-0.05, 0) is 133 Å². The summed E-state index contributed by atoms with van der Waals surface area (Å²) in [5.41, 5.74) is 2.90. The van der Waals surface area contributed by atoms with Gasteiger partial charge in [-0.2, -0.15) is 18.4 Å². The maximum absolute atomic E-state index is 13.6. The number of halogens is 3. The Morgan fingerprint density at radius 3 is 2.37 bits per heavy atom. The number of carbonyl (C=O) groups excluding carboxylic acids is 1. The molecule has 0 unspecified atom stereocenters. The fourth-order valence-electron chi connectivity index (χ4n) is 7.75. The molecule has 3 aromatic rings. The minimum atomic E-state index is -4.40. The molecule has 9 nitrogen and oxygen atoms in total. The van der Waals surface area contributed by atoms with E-state index < -0.39 is 18.1 Å². The summed E-state index contributed by atoms with van der Waals surface area (Å²) in [5, 5.41) is 16.8. The van der Waals surface area contributed by atoms with E-state index in [-0.39, 0.29) is 18.5 Å². The summed E-state index contributed by atoms with van der Waals surface area (Å²) in [7, 11) is 2.20. The summed E-state index contributed by atoms with van der Waals surface area (Å²) >= 11 is 0. The van der Waals surface area contributed by atoms with Crippen LogP contribution in [0.5, 0.6) is 0 Å². The van der Waals surface area contributed by atoms with Crippen molar-refractivity contribution in [3.63, 3.8) is 0 Å². The van der Waals surface area contributed by atoms with Crippen molar-refractivity contribution in [2.45, 2.75) is 83.1 Å². The molecular formula is C40H51F3N8O. The number of hydrogen-bond donors (Lipinski definition) is 2. The third-order valence-electron chi connectivity index (χ3n) is 11.3. The molecule has 1 spiro atoms. The SMILES string of the molecule is CN1CCC2(CC1)CCN(CC(=O)N1CCC(NCc3ccc4c(c3)cc(C#CCNc3ccc(C(C)(C)C#N)nc3)n4CC(F)(F)F)CC1)CC2. The molecular weight excluding hydrogens is 665 g/mol. The highest BCUT2D eigenvalue weighted by molar-refractivity contribution is 5.83. The average molecular weight is 717 g/mol. The summed E-state index contributed by atoms with van der Waals surface area (Å²) < 4.78 is 42.1. The summed E-state index contributed by atoms with van der Waals surface area (Å²) in [6.07, 6.45) is 3.92. The van der Waals surface area contributed by atoms with E-state index >= 15 is 0 Å². The van der Waals surface area contributed by atoms with E-state index in [1.165, 1.54) is 43.3 Å². The van der Waals surface area contributed by atoms with E-state index in [1.807, 2.05) is 23.1 Å². The van der Waals surface area contributed by atoms with Gasteiger partial charge in [0, 0.05) is 36.6 Å². The van der Waals surface area contributed by atoms with E-state index in [9.17, 15) is 23.2 Å². The normalized spacial score (nSPS) is 19.0. The molecule has 2 N–H and O–H groups in total. The zero-order valence-corrected chi connectivity index (χ0v) is 30.7. The number of nitriles is 1.